The molecule has 0 amide bonds. The molecule has 0 heterocycles. The minimum absolute atomic E-state index is 0. The van der Waals surface area contributed by atoms with E-state index in [1.165, 1.54) is 0 Å². The Morgan fingerprint density at radius 1 is 1.38 bits per heavy atom. The summed E-state index contributed by atoms with van der Waals surface area (Å²) >= 11 is 4.43. The van der Waals surface area contributed by atoms with Crippen molar-refractivity contribution in [2.75, 3.05) is 0 Å². The van der Waals surface area contributed by atoms with Gasteiger partial charge in [-0.2, -0.15) is 13.2 Å². The van der Waals surface area contributed by atoms with Gasteiger partial charge in [-0.05, 0) is 0 Å². The molecule has 0 saturated heterocycles. The van der Waals surface area contributed by atoms with Crippen LogP contribution in [0.5, 0.6) is 0 Å². The van der Waals surface area contributed by atoms with Crippen molar-refractivity contribution in [2.45, 2.75) is 6.18 Å². The van der Waals surface area contributed by atoms with Crippen LogP contribution in [0.2, 0.25) is 0 Å². The Morgan fingerprint density at radius 3 is 1.50 bits per heavy atom. The molecule has 0 aromatic heterocycles. The zero-order valence-corrected chi connectivity index (χ0v) is 7.33. The summed E-state index contributed by atoms with van der Waals surface area (Å²) in [5.74, 6) is 0. The largest absolute Gasteiger partial charge is 0.426 e. The van der Waals surface area contributed by atoms with Crippen LogP contribution < -0.4 is 0 Å². The average molecular weight is 249 g/mol. The molecule has 0 spiro atoms. The summed E-state index contributed by atoms with van der Waals surface area (Å²) in [5.41, 5.74) is 0. The van der Waals surface area contributed by atoms with Gasteiger partial charge in [0.15, 0.2) is 0 Å². The van der Waals surface area contributed by atoms with Gasteiger partial charge in [0.2, 0.25) is 0 Å². The Bertz CT molecular complexity index is 87.0. The van der Waals surface area contributed by atoms with Gasteiger partial charge in [0, 0.05) is 23.9 Å². The fourth-order valence-electron chi connectivity index (χ4n) is 0. The topological polar surface area (TPSA) is 0 Å². The maximum Gasteiger partial charge on any atom is 0.426 e. The van der Waals surface area contributed by atoms with Gasteiger partial charge in [0.25, 0.3) is 0 Å². The number of halogens is 4. The van der Waals surface area contributed by atoms with Gasteiger partial charge in [-0.25, -0.2) is 0 Å². The second kappa shape index (κ2) is 3.61. The Labute approximate surface area is 66.7 Å². The van der Waals surface area contributed by atoms with E-state index < -0.39 is 11.2 Å². The predicted molar refractivity (Wildman–Crippen MR) is 26.8 cm³/mol. The van der Waals surface area contributed by atoms with E-state index in [0.29, 0.717) is 0 Å². The van der Waals surface area contributed by atoms with E-state index in [2.05, 4.69) is 18.2 Å². The van der Waals surface area contributed by atoms with Gasteiger partial charge in [0.1, 0.15) is 5.03 Å². The zero-order chi connectivity index (χ0) is 6.08. The molecule has 0 N–H and O–H groups in total. The van der Waals surface area contributed by atoms with E-state index in [-0.39, 0.29) is 23.9 Å². The Hall–Kier alpha value is 0.619. The van der Waals surface area contributed by atoms with Crippen LogP contribution in [0.4, 0.5) is 13.2 Å². The first kappa shape index (κ1) is 11.4. The molecule has 0 aromatic rings. The average Bonchev–Trinajstić information content (AvgIpc) is 1.31. The number of alkyl halides is 3. The molecule has 0 fully saturated rings. The molecular formula is C3H2ClF3Sn. The van der Waals surface area contributed by atoms with E-state index >= 15 is 0 Å². The van der Waals surface area contributed by atoms with Crippen molar-refractivity contribution in [1.82, 2.24) is 0 Å². The molecule has 0 nitrogen and oxygen atoms in total. The molecule has 5 heteroatoms. The Morgan fingerprint density at radius 2 is 1.50 bits per heavy atom. The first-order valence-electron chi connectivity index (χ1n) is 1.36. The van der Waals surface area contributed by atoms with Crippen molar-refractivity contribution in [1.29, 1.82) is 0 Å². The summed E-state index contributed by atoms with van der Waals surface area (Å²) in [6.45, 7) is 2.47. The van der Waals surface area contributed by atoms with Gasteiger partial charge < -0.3 is 0 Å². The second-order valence-corrected chi connectivity index (χ2v) is 1.36. The molecule has 0 aliphatic carbocycles. The van der Waals surface area contributed by atoms with E-state index in [9.17, 15) is 13.2 Å². The molecule has 0 unspecified atom stereocenters. The summed E-state index contributed by atoms with van der Waals surface area (Å²) in [6.07, 6.45) is -4.43. The number of hydrogen-bond acceptors (Lipinski definition) is 0. The van der Waals surface area contributed by atoms with Crippen molar-refractivity contribution in [3.05, 3.63) is 11.6 Å². The van der Waals surface area contributed by atoms with Crippen LogP contribution in [-0.4, -0.2) is 30.1 Å². The van der Waals surface area contributed by atoms with E-state index in [1.54, 1.807) is 0 Å². The molecule has 0 atom stereocenters. The number of rotatable bonds is 0. The second-order valence-electron chi connectivity index (χ2n) is 0.903. The SMILES string of the molecule is C=C(Cl)C(F)(F)F.[Sn]. The first-order chi connectivity index (χ1) is 2.94. The fourth-order valence-corrected chi connectivity index (χ4v) is 0. The number of hydrogen-bond donors (Lipinski definition) is 0. The third-order valence-corrected chi connectivity index (χ3v) is 0.522. The van der Waals surface area contributed by atoms with Crippen LogP contribution in [0.3, 0.4) is 0 Å². The quantitative estimate of drug-likeness (QED) is 0.575. The standard InChI is InChI=1S/C3H2ClF3.Sn/c1-2(4)3(5,6)7;/h1H2;. The maximum absolute atomic E-state index is 10.9. The van der Waals surface area contributed by atoms with Crippen LogP contribution in [0.25, 0.3) is 0 Å². The van der Waals surface area contributed by atoms with E-state index in [0.717, 1.165) is 0 Å². The number of allylic oxidation sites excluding steroid dienone is 1. The van der Waals surface area contributed by atoms with Crippen molar-refractivity contribution in [3.8, 4) is 0 Å². The molecule has 0 rings (SSSR count). The molecule has 46 valence electrons. The molecule has 0 bridgehead atoms. The van der Waals surface area contributed by atoms with Crippen LogP contribution in [0.1, 0.15) is 0 Å². The van der Waals surface area contributed by atoms with Gasteiger partial charge >= 0.3 is 6.18 Å². The van der Waals surface area contributed by atoms with Crippen molar-refractivity contribution < 1.29 is 13.2 Å². The van der Waals surface area contributed by atoms with Gasteiger partial charge in [-0.1, -0.05) is 18.2 Å². The molecular weight excluding hydrogens is 247 g/mol. The van der Waals surface area contributed by atoms with Crippen molar-refractivity contribution >= 4 is 35.5 Å². The minimum Gasteiger partial charge on any atom is -0.165 e. The molecule has 8 heavy (non-hydrogen) atoms. The van der Waals surface area contributed by atoms with Crippen LogP contribution in [0, 0.1) is 0 Å². The van der Waals surface area contributed by atoms with E-state index in [4.69, 9.17) is 0 Å². The van der Waals surface area contributed by atoms with Gasteiger partial charge in [-0.15, -0.1) is 0 Å². The molecule has 0 saturated carbocycles. The van der Waals surface area contributed by atoms with Crippen molar-refractivity contribution in [3.63, 3.8) is 0 Å². The molecule has 0 aromatic carbocycles. The third kappa shape index (κ3) is 4.77. The van der Waals surface area contributed by atoms with E-state index in [1.807, 2.05) is 0 Å². The summed E-state index contributed by atoms with van der Waals surface area (Å²) in [7, 11) is 0. The summed E-state index contributed by atoms with van der Waals surface area (Å²) in [6, 6.07) is 0. The van der Waals surface area contributed by atoms with Crippen LogP contribution in [0.15, 0.2) is 11.6 Å². The summed E-state index contributed by atoms with van der Waals surface area (Å²) < 4.78 is 32.8. The predicted octanol–water partition coefficient (Wildman–Crippen LogP) is 1.92. The van der Waals surface area contributed by atoms with Crippen LogP contribution >= 0.6 is 11.6 Å². The van der Waals surface area contributed by atoms with Crippen molar-refractivity contribution in [2.24, 2.45) is 0 Å². The molecule has 4 radical (unpaired) electrons. The summed E-state index contributed by atoms with van der Waals surface area (Å²) in [4.78, 5) is 0. The minimum atomic E-state index is -4.43. The van der Waals surface area contributed by atoms with Gasteiger partial charge in [-0.3, -0.25) is 0 Å². The summed E-state index contributed by atoms with van der Waals surface area (Å²) in [5, 5.41) is -1.28. The fraction of sp³-hybridized carbons (Fsp3) is 0.333. The molecule has 0 aliphatic heterocycles. The Kier molecular flexibility index (Phi) is 5.15. The maximum atomic E-state index is 10.9. The monoisotopic (exact) mass is 250 g/mol. The first-order valence-corrected chi connectivity index (χ1v) is 1.74. The normalized spacial score (nSPS) is 10.0. The van der Waals surface area contributed by atoms with Gasteiger partial charge in [0.05, 0.1) is 0 Å². The Balaban J connectivity index is 0. The van der Waals surface area contributed by atoms with Crippen LogP contribution in [-0.2, 0) is 0 Å². The zero-order valence-electron chi connectivity index (χ0n) is 3.72. The smallest absolute Gasteiger partial charge is 0.165 e. The third-order valence-electron chi connectivity index (χ3n) is 0.308. The molecule has 0 aliphatic rings.